The maximum absolute atomic E-state index is 10.1. The molecule has 94 valence electrons. The van der Waals surface area contributed by atoms with Crippen LogP contribution in [-0.4, -0.2) is 11.7 Å². The van der Waals surface area contributed by atoms with Gasteiger partial charge in [-0.2, -0.15) is 0 Å². The third kappa shape index (κ3) is 3.96. The standard InChI is InChI=1S/C14H13BrINO/c15-11-3-1-2-10(8-11)14(18)9-17-13-6-4-12(16)5-7-13/h1-8,14,17-18H,9H2. The molecule has 1 atom stereocenters. The van der Waals surface area contributed by atoms with Crippen molar-refractivity contribution in [3.8, 4) is 0 Å². The highest BCUT2D eigenvalue weighted by Crippen LogP contribution is 2.19. The lowest BCUT2D eigenvalue weighted by Crippen LogP contribution is -2.12. The number of aliphatic hydroxyl groups is 1. The fraction of sp³-hybridized carbons (Fsp3) is 0.143. The Balaban J connectivity index is 1.96. The van der Waals surface area contributed by atoms with Crippen LogP contribution >= 0.6 is 38.5 Å². The van der Waals surface area contributed by atoms with Crippen molar-refractivity contribution in [3.63, 3.8) is 0 Å². The monoisotopic (exact) mass is 417 g/mol. The molecule has 2 nitrogen and oxygen atoms in total. The van der Waals surface area contributed by atoms with Crippen molar-refractivity contribution in [2.45, 2.75) is 6.10 Å². The molecule has 0 aliphatic heterocycles. The summed E-state index contributed by atoms with van der Waals surface area (Å²) < 4.78 is 2.18. The van der Waals surface area contributed by atoms with Crippen molar-refractivity contribution < 1.29 is 5.11 Å². The van der Waals surface area contributed by atoms with Gasteiger partial charge in [0.2, 0.25) is 0 Å². The molecule has 0 heterocycles. The number of hydrogen-bond acceptors (Lipinski definition) is 2. The first kappa shape index (κ1) is 13.8. The number of aliphatic hydroxyl groups excluding tert-OH is 1. The van der Waals surface area contributed by atoms with E-state index in [2.05, 4.69) is 43.8 Å². The van der Waals surface area contributed by atoms with Gasteiger partial charge in [0.1, 0.15) is 0 Å². The zero-order valence-corrected chi connectivity index (χ0v) is 13.3. The largest absolute Gasteiger partial charge is 0.387 e. The van der Waals surface area contributed by atoms with Gasteiger partial charge in [0.15, 0.2) is 0 Å². The Morgan fingerprint density at radius 2 is 1.89 bits per heavy atom. The number of anilines is 1. The summed E-state index contributed by atoms with van der Waals surface area (Å²) in [5.74, 6) is 0. The smallest absolute Gasteiger partial charge is 0.0962 e. The average molecular weight is 418 g/mol. The molecule has 2 aromatic rings. The van der Waals surface area contributed by atoms with E-state index in [9.17, 15) is 5.11 Å². The maximum Gasteiger partial charge on any atom is 0.0962 e. The molecule has 0 saturated carbocycles. The average Bonchev–Trinajstić information content (AvgIpc) is 2.38. The van der Waals surface area contributed by atoms with Crippen molar-refractivity contribution in [1.82, 2.24) is 0 Å². The Morgan fingerprint density at radius 3 is 2.56 bits per heavy atom. The molecule has 4 heteroatoms. The summed E-state index contributed by atoms with van der Waals surface area (Å²) in [6, 6.07) is 15.8. The van der Waals surface area contributed by atoms with E-state index in [4.69, 9.17) is 0 Å². The highest BCUT2D eigenvalue weighted by Gasteiger charge is 2.07. The van der Waals surface area contributed by atoms with E-state index in [1.807, 2.05) is 48.5 Å². The number of halogens is 2. The normalized spacial score (nSPS) is 12.2. The molecule has 0 bridgehead atoms. The van der Waals surface area contributed by atoms with Gasteiger partial charge in [-0.25, -0.2) is 0 Å². The molecule has 0 aromatic heterocycles. The molecule has 1 unspecified atom stereocenters. The second-order valence-electron chi connectivity index (χ2n) is 3.96. The first-order chi connectivity index (χ1) is 8.65. The van der Waals surface area contributed by atoms with Gasteiger partial charge in [0.05, 0.1) is 6.10 Å². The van der Waals surface area contributed by atoms with E-state index in [0.717, 1.165) is 15.7 Å². The van der Waals surface area contributed by atoms with Crippen LogP contribution in [0.5, 0.6) is 0 Å². The predicted molar refractivity (Wildman–Crippen MR) is 86.8 cm³/mol. The lowest BCUT2D eigenvalue weighted by Gasteiger charge is -2.13. The molecule has 0 fully saturated rings. The van der Waals surface area contributed by atoms with Crippen LogP contribution in [0.25, 0.3) is 0 Å². The Kier molecular flexibility index (Phi) is 5.03. The maximum atomic E-state index is 10.1. The van der Waals surface area contributed by atoms with Gasteiger partial charge in [-0.05, 0) is 64.6 Å². The second-order valence-corrected chi connectivity index (χ2v) is 6.12. The summed E-state index contributed by atoms with van der Waals surface area (Å²) in [5.41, 5.74) is 1.92. The van der Waals surface area contributed by atoms with Crippen LogP contribution in [0.15, 0.2) is 53.0 Å². The minimum Gasteiger partial charge on any atom is -0.387 e. The van der Waals surface area contributed by atoms with Gasteiger partial charge in [0, 0.05) is 20.3 Å². The molecule has 0 aliphatic rings. The molecule has 0 radical (unpaired) electrons. The zero-order valence-electron chi connectivity index (χ0n) is 9.61. The first-order valence-corrected chi connectivity index (χ1v) is 7.45. The van der Waals surface area contributed by atoms with Crippen molar-refractivity contribution in [1.29, 1.82) is 0 Å². The highest BCUT2D eigenvalue weighted by molar-refractivity contribution is 14.1. The Morgan fingerprint density at radius 1 is 1.17 bits per heavy atom. The minimum absolute atomic E-state index is 0.497. The third-order valence-electron chi connectivity index (χ3n) is 2.58. The number of benzene rings is 2. The van der Waals surface area contributed by atoms with Gasteiger partial charge in [-0.15, -0.1) is 0 Å². The fourth-order valence-corrected chi connectivity index (χ4v) is 2.39. The van der Waals surface area contributed by atoms with Crippen LogP contribution in [0.2, 0.25) is 0 Å². The summed E-state index contributed by atoms with van der Waals surface area (Å²) in [6.45, 7) is 0.497. The number of rotatable bonds is 4. The van der Waals surface area contributed by atoms with Gasteiger partial charge in [-0.3, -0.25) is 0 Å². The summed E-state index contributed by atoms with van der Waals surface area (Å²) in [7, 11) is 0. The van der Waals surface area contributed by atoms with Gasteiger partial charge in [0.25, 0.3) is 0 Å². The number of hydrogen-bond donors (Lipinski definition) is 2. The van der Waals surface area contributed by atoms with Crippen LogP contribution in [0.3, 0.4) is 0 Å². The Hall–Kier alpha value is -0.590. The summed E-state index contributed by atoms with van der Waals surface area (Å²) >= 11 is 5.67. The van der Waals surface area contributed by atoms with Crippen LogP contribution in [0, 0.1) is 3.57 Å². The molecule has 2 N–H and O–H groups in total. The first-order valence-electron chi connectivity index (χ1n) is 5.58. The molecule has 0 aliphatic carbocycles. The van der Waals surface area contributed by atoms with Crippen molar-refractivity contribution >= 4 is 44.2 Å². The molecular weight excluding hydrogens is 405 g/mol. The van der Waals surface area contributed by atoms with Crippen LogP contribution < -0.4 is 5.32 Å². The lowest BCUT2D eigenvalue weighted by molar-refractivity contribution is 0.191. The summed E-state index contributed by atoms with van der Waals surface area (Å²) in [4.78, 5) is 0. The highest BCUT2D eigenvalue weighted by atomic mass is 127. The van der Waals surface area contributed by atoms with Crippen LogP contribution in [-0.2, 0) is 0 Å². The minimum atomic E-state index is -0.512. The van der Waals surface area contributed by atoms with Crippen LogP contribution in [0.4, 0.5) is 5.69 Å². The Labute approximate surface area is 129 Å². The second kappa shape index (κ2) is 6.54. The predicted octanol–water partition coefficient (Wildman–Crippen LogP) is 4.20. The van der Waals surface area contributed by atoms with Crippen molar-refractivity contribution in [2.75, 3.05) is 11.9 Å². The van der Waals surface area contributed by atoms with Gasteiger partial charge >= 0.3 is 0 Å². The summed E-state index contributed by atoms with van der Waals surface area (Å²) in [6.07, 6.45) is -0.512. The SMILES string of the molecule is OC(CNc1ccc(I)cc1)c1cccc(Br)c1. The van der Waals surface area contributed by atoms with E-state index in [1.54, 1.807) is 0 Å². The van der Waals surface area contributed by atoms with E-state index in [1.165, 1.54) is 3.57 Å². The van der Waals surface area contributed by atoms with Gasteiger partial charge in [-0.1, -0.05) is 28.1 Å². The summed E-state index contributed by atoms with van der Waals surface area (Å²) in [5, 5.41) is 13.3. The third-order valence-corrected chi connectivity index (χ3v) is 3.79. The zero-order chi connectivity index (χ0) is 13.0. The lowest BCUT2D eigenvalue weighted by atomic mass is 10.1. The molecule has 2 rings (SSSR count). The van der Waals surface area contributed by atoms with E-state index >= 15 is 0 Å². The molecule has 0 amide bonds. The van der Waals surface area contributed by atoms with Crippen molar-refractivity contribution in [3.05, 3.63) is 62.1 Å². The van der Waals surface area contributed by atoms with E-state index < -0.39 is 6.10 Å². The van der Waals surface area contributed by atoms with Crippen LogP contribution in [0.1, 0.15) is 11.7 Å². The fourth-order valence-electron chi connectivity index (χ4n) is 1.61. The number of nitrogens with one attached hydrogen (secondary N) is 1. The quantitative estimate of drug-likeness (QED) is 0.730. The molecule has 0 saturated heterocycles. The van der Waals surface area contributed by atoms with Gasteiger partial charge < -0.3 is 10.4 Å². The molecule has 18 heavy (non-hydrogen) atoms. The van der Waals surface area contributed by atoms with E-state index in [-0.39, 0.29) is 0 Å². The Bertz CT molecular complexity index is 515. The van der Waals surface area contributed by atoms with E-state index in [0.29, 0.717) is 6.54 Å². The topological polar surface area (TPSA) is 32.3 Å². The molecule has 0 spiro atoms. The molecular formula is C14H13BrINO. The van der Waals surface area contributed by atoms with Crippen molar-refractivity contribution in [2.24, 2.45) is 0 Å². The molecule has 2 aromatic carbocycles.